The first-order valence-electron chi connectivity index (χ1n) is 7.65. The Kier molecular flexibility index (Phi) is 4.93. The van der Waals surface area contributed by atoms with Gasteiger partial charge in [0.15, 0.2) is 5.69 Å². The first-order valence-corrected chi connectivity index (χ1v) is 8.03. The number of aryl methyl sites for hydroxylation is 1. The Hall–Kier alpha value is -2.87. The number of benzene rings is 2. The van der Waals surface area contributed by atoms with Crippen molar-refractivity contribution in [3.63, 3.8) is 0 Å². The van der Waals surface area contributed by atoms with Crippen molar-refractivity contribution < 1.29 is 22.4 Å². The molecule has 9 heteroatoms. The second kappa shape index (κ2) is 7.03. The zero-order valence-corrected chi connectivity index (χ0v) is 14.6. The molecule has 3 rings (SSSR count). The lowest BCUT2D eigenvalue weighted by Crippen LogP contribution is -2.21. The highest BCUT2D eigenvalue weighted by atomic mass is 35.5. The Morgan fingerprint density at radius 1 is 1.15 bits per heavy atom. The van der Waals surface area contributed by atoms with Crippen LogP contribution in [0.4, 0.5) is 23.2 Å². The first-order chi connectivity index (χ1) is 12.7. The number of amides is 1. The number of hydrogen-bond donors (Lipinski definition) is 1. The molecule has 0 aliphatic carbocycles. The van der Waals surface area contributed by atoms with E-state index in [1.807, 2.05) is 0 Å². The van der Waals surface area contributed by atoms with E-state index < -0.39 is 29.2 Å². The van der Waals surface area contributed by atoms with Gasteiger partial charge in [-0.3, -0.25) is 4.79 Å². The summed E-state index contributed by atoms with van der Waals surface area (Å²) in [5, 5.41) is 6.43. The van der Waals surface area contributed by atoms with Crippen molar-refractivity contribution in [2.75, 3.05) is 5.32 Å². The third kappa shape index (κ3) is 3.95. The second-order valence-corrected chi connectivity index (χ2v) is 6.14. The lowest BCUT2D eigenvalue weighted by Gasteiger charge is -2.13. The van der Waals surface area contributed by atoms with Crippen molar-refractivity contribution in [2.45, 2.75) is 13.1 Å². The van der Waals surface area contributed by atoms with Crippen molar-refractivity contribution in [1.29, 1.82) is 0 Å². The topological polar surface area (TPSA) is 46.9 Å². The van der Waals surface area contributed by atoms with Gasteiger partial charge in [0.05, 0.1) is 17.4 Å². The predicted octanol–water partition coefficient (Wildman–Crippen LogP) is 5.24. The lowest BCUT2D eigenvalue weighted by atomic mass is 10.1. The van der Waals surface area contributed by atoms with Gasteiger partial charge in [0.25, 0.3) is 5.91 Å². The summed E-state index contributed by atoms with van der Waals surface area (Å²) in [6.07, 6.45) is -3.99. The fourth-order valence-corrected chi connectivity index (χ4v) is 2.65. The van der Waals surface area contributed by atoms with Crippen LogP contribution in [0.3, 0.4) is 0 Å². The summed E-state index contributed by atoms with van der Waals surface area (Å²) in [4.78, 5) is 12.4. The zero-order chi connectivity index (χ0) is 19.8. The maximum Gasteiger partial charge on any atom is 0.434 e. The summed E-state index contributed by atoms with van der Waals surface area (Å²) in [6, 6.07) is 9.09. The second-order valence-electron chi connectivity index (χ2n) is 5.71. The number of hydrogen-bond acceptors (Lipinski definition) is 2. The molecule has 3 aromatic rings. The van der Waals surface area contributed by atoms with Gasteiger partial charge >= 0.3 is 6.18 Å². The van der Waals surface area contributed by atoms with E-state index >= 15 is 0 Å². The van der Waals surface area contributed by atoms with E-state index in [0.717, 1.165) is 18.3 Å². The Balaban J connectivity index is 2.02. The molecular formula is C18H12ClF4N3O. The van der Waals surface area contributed by atoms with Gasteiger partial charge in [0.2, 0.25) is 0 Å². The number of carbonyl (C=O) groups is 1. The first kappa shape index (κ1) is 18.9. The molecule has 0 bridgehead atoms. The van der Waals surface area contributed by atoms with Crippen molar-refractivity contribution in [1.82, 2.24) is 9.78 Å². The van der Waals surface area contributed by atoms with Gasteiger partial charge in [-0.15, -0.1) is 0 Å². The molecule has 0 saturated carbocycles. The van der Waals surface area contributed by atoms with Crippen LogP contribution in [-0.4, -0.2) is 15.7 Å². The van der Waals surface area contributed by atoms with Crippen LogP contribution in [0, 0.1) is 12.7 Å². The Morgan fingerprint density at radius 3 is 2.41 bits per heavy atom. The third-order valence-corrected chi connectivity index (χ3v) is 4.04. The van der Waals surface area contributed by atoms with Crippen LogP contribution in [0.1, 0.15) is 21.6 Å². The lowest BCUT2D eigenvalue weighted by molar-refractivity contribution is -0.143. The Morgan fingerprint density at radius 2 is 1.81 bits per heavy atom. The normalized spacial score (nSPS) is 11.5. The summed E-state index contributed by atoms with van der Waals surface area (Å²) in [7, 11) is 0. The molecule has 0 aliphatic heterocycles. The number of nitrogens with zero attached hydrogens (tertiary/aromatic N) is 2. The van der Waals surface area contributed by atoms with Gasteiger partial charge in [-0.05, 0) is 55.0 Å². The van der Waals surface area contributed by atoms with Crippen LogP contribution in [0.5, 0.6) is 0 Å². The van der Waals surface area contributed by atoms with Gasteiger partial charge in [0.1, 0.15) is 5.82 Å². The summed E-state index contributed by atoms with van der Waals surface area (Å²) < 4.78 is 54.7. The van der Waals surface area contributed by atoms with E-state index in [9.17, 15) is 22.4 Å². The van der Waals surface area contributed by atoms with Gasteiger partial charge < -0.3 is 5.32 Å². The molecule has 2 aromatic carbocycles. The fraction of sp³-hybridized carbons (Fsp3) is 0.111. The van der Waals surface area contributed by atoms with Crippen molar-refractivity contribution in [3.05, 3.63) is 76.3 Å². The molecule has 0 unspecified atom stereocenters. The van der Waals surface area contributed by atoms with Crippen molar-refractivity contribution in [2.24, 2.45) is 0 Å². The van der Waals surface area contributed by atoms with E-state index in [-0.39, 0.29) is 11.4 Å². The molecule has 1 heterocycles. The molecule has 140 valence electrons. The molecule has 0 atom stereocenters. The molecule has 0 aliphatic rings. The number of aromatic nitrogens is 2. The summed E-state index contributed by atoms with van der Waals surface area (Å²) in [6.45, 7) is 1.53. The standard InChI is InChI=1S/C18H12ClF4N3O/c1-10-8-12(20)4-7-15(10)25-17(27)14-9-24-26(16(14)18(21,22)23)13-5-2-11(19)3-6-13/h2-9H,1H3,(H,25,27). The van der Waals surface area contributed by atoms with Crippen LogP contribution < -0.4 is 5.32 Å². The number of anilines is 1. The zero-order valence-electron chi connectivity index (χ0n) is 13.8. The van der Waals surface area contributed by atoms with Gasteiger partial charge in [-0.1, -0.05) is 11.6 Å². The number of rotatable bonds is 3. The van der Waals surface area contributed by atoms with E-state index in [1.54, 1.807) is 0 Å². The average Bonchev–Trinajstić information content (AvgIpc) is 3.03. The van der Waals surface area contributed by atoms with E-state index in [0.29, 0.717) is 15.3 Å². The maximum atomic E-state index is 13.6. The Labute approximate surface area is 156 Å². The van der Waals surface area contributed by atoms with E-state index in [1.165, 1.54) is 37.3 Å². The van der Waals surface area contributed by atoms with Crippen LogP contribution in [0.25, 0.3) is 5.69 Å². The SMILES string of the molecule is Cc1cc(F)ccc1NC(=O)c1cnn(-c2ccc(Cl)cc2)c1C(F)(F)F. The van der Waals surface area contributed by atoms with Crippen LogP contribution in [0.2, 0.25) is 5.02 Å². The summed E-state index contributed by atoms with van der Waals surface area (Å²) in [5.41, 5.74) is -1.19. The average molecular weight is 398 g/mol. The van der Waals surface area contributed by atoms with Gasteiger partial charge in [-0.2, -0.15) is 18.3 Å². The monoisotopic (exact) mass is 397 g/mol. The highest BCUT2D eigenvalue weighted by molar-refractivity contribution is 6.30. The minimum atomic E-state index is -4.83. The molecule has 1 aromatic heterocycles. The number of nitrogens with one attached hydrogen (secondary N) is 1. The predicted molar refractivity (Wildman–Crippen MR) is 92.7 cm³/mol. The van der Waals surface area contributed by atoms with Gasteiger partial charge in [0, 0.05) is 10.7 Å². The minimum absolute atomic E-state index is 0.101. The van der Waals surface area contributed by atoms with Crippen LogP contribution >= 0.6 is 11.6 Å². The molecule has 0 saturated heterocycles. The smallest absolute Gasteiger partial charge is 0.322 e. The minimum Gasteiger partial charge on any atom is -0.322 e. The molecule has 0 spiro atoms. The maximum absolute atomic E-state index is 13.6. The highest BCUT2D eigenvalue weighted by Gasteiger charge is 2.40. The van der Waals surface area contributed by atoms with Gasteiger partial charge in [-0.25, -0.2) is 9.07 Å². The summed E-state index contributed by atoms with van der Waals surface area (Å²) in [5.74, 6) is -1.52. The highest BCUT2D eigenvalue weighted by Crippen LogP contribution is 2.34. The number of alkyl halides is 3. The third-order valence-electron chi connectivity index (χ3n) is 3.79. The van der Waals surface area contributed by atoms with Crippen molar-refractivity contribution >= 4 is 23.2 Å². The van der Waals surface area contributed by atoms with Crippen LogP contribution in [-0.2, 0) is 6.18 Å². The molecule has 4 nitrogen and oxygen atoms in total. The molecule has 1 amide bonds. The molecule has 0 radical (unpaired) electrons. The largest absolute Gasteiger partial charge is 0.434 e. The molecule has 27 heavy (non-hydrogen) atoms. The molecular weight excluding hydrogens is 386 g/mol. The molecule has 1 N–H and O–H groups in total. The molecule has 0 fully saturated rings. The number of halogens is 5. The number of carbonyl (C=O) groups excluding carboxylic acids is 1. The van der Waals surface area contributed by atoms with Crippen molar-refractivity contribution in [3.8, 4) is 5.69 Å². The van der Waals surface area contributed by atoms with E-state index in [2.05, 4.69) is 10.4 Å². The Bertz CT molecular complexity index is 997. The summed E-state index contributed by atoms with van der Waals surface area (Å²) >= 11 is 5.76. The van der Waals surface area contributed by atoms with E-state index in [4.69, 9.17) is 11.6 Å². The van der Waals surface area contributed by atoms with Crippen LogP contribution in [0.15, 0.2) is 48.7 Å². The quantitative estimate of drug-likeness (QED) is 0.614. The fourth-order valence-electron chi connectivity index (χ4n) is 2.52.